The van der Waals surface area contributed by atoms with Crippen molar-refractivity contribution in [3.05, 3.63) is 71.9 Å². The maximum absolute atomic E-state index is 12.8. The number of aromatic nitrogens is 2. The van der Waals surface area contributed by atoms with Gasteiger partial charge in [-0.1, -0.05) is 48.5 Å². The summed E-state index contributed by atoms with van der Waals surface area (Å²) < 4.78 is 37.7. The Hall–Kier alpha value is -2.71. The summed E-state index contributed by atoms with van der Waals surface area (Å²) in [7, 11) is -2.01. The lowest BCUT2D eigenvalue weighted by Crippen LogP contribution is -2.30. The fourth-order valence-corrected chi connectivity index (χ4v) is 4.17. The number of para-hydroxylation sites is 1. The molecule has 0 saturated heterocycles. The molecule has 0 radical (unpaired) electrons. The van der Waals surface area contributed by atoms with Crippen molar-refractivity contribution in [3.8, 4) is 5.75 Å². The Morgan fingerprint density at radius 2 is 1.79 bits per heavy atom. The van der Waals surface area contributed by atoms with Crippen LogP contribution in [0.4, 0.5) is 0 Å². The standard InChI is InChI=1S/C20H23N3O4S/c1-3-16-9-7-8-12-18(16)28(24,25)23(2)14-13-19-21-20(27-22-19)15-26-17-10-5-4-6-11-17/h4-12H,3,13-15H2,1-2H3. The number of nitrogens with zero attached hydrogens (tertiary/aromatic N) is 3. The van der Waals surface area contributed by atoms with Crippen molar-refractivity contribution in [1.82, 2.24) is 14.4 Å². The molecule has 0 atom stereocenters. The Kier molecular flexibility index (Phi) is 6.43. The average molecular weight is 401 g/mol. The van der Waals surface area contributed by atoms with Crippen LogP contribution < -0.4 is 4.74 Å². The lowest BCUT2D eigenvalue weighted by Gasteiger charge is -2.18. The molecule has 0 saturated carbocycles. The summed E-state index contributed by atoms with van der Waals surface area (Å²) in [5.41, 5.74) is 0.800. The maximum atomic E-state index is 12.8. The van der Waals surface area contributed by atoms with Crippen LogP contribution in [-0.2, 0) is 29.5 Å². The molecule has 28 heavy (non-hydrogen) atoms. The fraction of sp³-hybridized carbons (Fsp3) is 0.300. The molecule has 0 N–H and O–H groups in total. The first kappa shape index (κ1) is 20.0. The molecule has 0 bridgehead atoms. The Morgan fingerprint density at radius 3 is 2.54 bits per heavy atom. The van der Waals surface area contributed by atoms with Crippen molar-refractivity contribution in [2.75, 3.05) is 13.6 Å². The second-order valence-electron chi connectivity index (χ2n) is 6.24. The summed E-state index contributed by atoms with van der Waals surface area (Å²) in [6.45, 7) is 2.35. The predicted octanol–water partition coefficient (Wildman–Crippen LogP) is 3.07. The highest BCUT2D eigenvalue weighted by molar-refractivity contribution is 7.89. The third kappa shape index (κ3) is 4.76. The van der Waals surface area contributed by atoms with Crippen molar-refractivity contribution in [2.24, 2.45) is 0 Å². The molecule has 0 fully saturated rings. The predicted molar refractivity (Wildman–Crippen MR) is 104 cm³/mol. The molecule has 0 aliphatic rings. The molecule has 148 valence electrons. The molecule has 1 heterocycles. The topological polar surface area (TPSA) is 85.5 Å². The first-order valence-corrected chi connectivity index (χ1v) is 10.5. The Labute approximate surface area is 165 Å². The highest BCUT2D eigenvalue weighted by Gasteiger charge is 2.23. The van der Waals surface area contributed by atoms with Gasteiger partial charge >= 0.3 is 0 Å². The van der Waals surface area contributed by atoms with E-state index in [1.165, 1.54) is 4.31 Å². The number of likely N-dealkylation sites (N-methyl/N-ethyl adjacent to an activating group) is 1. The molecule has 7 nitrogen and oxygen atoms in total. The van der Waals surface area contributed by atoms with Gasteiger partial charge in [-0.15, -0.1) is 0 Å². The van der Waals surface area contributed by atoms with Gasteiger partial charge < -0.3 is 9.26 Å². The summed E-state index contributed by atoms with van der Waals surface area (Å²) in [6.07, 6.45) is 0.998. The van der Waals surface area contributed by atoms with E-state index in [-0.39, 0.29) is 13.2 Å². The maximum Gasteiger partial charge on any atom is 0.264 e. The molecule has 2 aromatic carbocycles. The average Bonchev–Trinajstić information content (AvgIpc) is 3.19. The van der Waals surface area contributed by atoms with Crippen LogP contribution in [0.1, 0.15) is 24.2 Å². The number of sulfonamides is 1. The van der Waals surface area contributed by atoms with Crippen molar-refractivity contribution >= 4 is 10.0 Å². The van der Waals surface area contributed by atoms with E-state index in [9.17, 15) is 8.42 Å². The van der Waals surface area contributed by atoms with Gasteiger partial charge in [0, 0.05) is 20.0 Å². The van der Waals surface area contributed by atoms with E-state index in [2.05, 4.69) is 10.1 Å². The number of aryl methyl sites for hydroxylation is 1. The van der Waals surface area contributed by atoms with E-state index in [1.54, 1.807) is 19.2 Å². The third-order valence-electron chi connectivity index (χ3n) is 4.31. The molecule has 3 aromatic rings. The van der Waals surface area contributed by atoms with Crippen LogP contribution in [0.25, 0.3) is 0 Å². The van der Waals surface area contributed by atoms with E-state index >= 15 is 0 Å². The lowest BCUT2D eigenvalue weighted by atomic mass is 10.2. The first-order valence-electron chi connectivity index (χ1n) is 9.04. The van der Waals surface area contributed by atoms with Crippen molar-refractivity contribution in [2.45, 2.75) is 31.3 Å². The Balaban J connectivity index is 1.58. The Morgan fingerprint density at radius 1 is 1.07 bits per heavy atom. The normalized spacial score (nSPS) is 11.7. The number of hydrogen-bond acceptors (Lipinski definition) is 6. The van der Waals surface area contributed by atoms with Crippen LogP contribution >= 0.6 is 0 Å². The first-order chi connectivity index (χ1) is 13.5. The smallest absolute Gasteiger partial charge is 0.264 e. The van der Waals surface area contributed by atoms with Gasteiger partial charge in [-0.3, -0.25) is 0 Å². The van der Waals surface area contributed by atoms with Gasteiger partial charge in [-0.05, 0) is 30.2 Å². The quantitative estimate of drug-likeness (QED) is 0.548. The van der Waals surface area contributed by atoms with Crippen LogP contribution in [0.15, 0.2) is 64.0 Å². The zero-order valence-electron chi connectivity index (χ0n) is 15.9. The van der Waals surface area contributed by atoms with E-state index in [4.69, 9.17) is 9.26 Å². The molecule has 0 aliphatic heterocycles. The summed E-state index contributed by atoms with van der Waals surface area (Å²) >= 11 is 0. The summed E-state index contributed by atoms with van der Waals surface area (Å²) in [5, 5.41) is 3.90. The number of ether oxygens (including phenoxy) is 1. The molecular formula is C20H23N3O4S. The SMILES string of the molecule is CCc1ccccc1S(=O)(=O)N(C)CCc1noc(COc2ccccc2)n1. The largest absolute Gasteiger partial charge is 0.484 e. The number of rotatable bonds is 9. The van der Waals surface area contributed by atoms with Crippen molar-refractivity contribution in [1.29, 1.82) is 0 Å². The highest BCUT2D eigenvalue weighted by Crippen LogP contribution is 2.20. The molecule has 0 spiro atoms. The molecule has 0 unspecified atom stereocenters. The second kappa shape index (κ2) is 8.99. The summed E-state index contributed by atoms with van der Waals surface area (Å²) in [4.78, 5) is 4.60. The van der Waals surface area contributed by atoms with Gasteiger partial charge in [0.2, 0.25) is 10.0 Å². The van der Waals surface area contributed by atoms with Gasteiger partial charge in [-0.2, -0.15) is 4.98 Å². The van der Waals surface area contributed by atoms with E-state index in [0.29, 0.717) is 35.2 Å². The summed E-state index contributed by atoms with van der Waals surface area (Å²) in [6, 6.07) is 16.4. The molecule has 3 rings (SSSR count). The lowest BCUT2D eigenvalue weighted by molar-refractivity contribution is 0.242. The van der Waals surface area contributed by atoms with E-state index in [1.807, 2.05) is 49.4 Å². The minimum absolute atomic E-state index is 0.162. The fourth-order valence-electron chi connectivity index (χ4n) is 2.71. The van der Waals surface area contributed by atoms with Crippen LogP contribution in [0.5, 0.6) is 5.75 Å². The van der Waals surface area contributed by atoms with Gasteiger partial charge in [0.05, 0.1) is 4.90 Å². The van der Waals surface area contributed by atoms with Crippen LogP contribution in [0, 0.1) is 0 Å². The molecule has 8 heteroatoms. The molecule has 1 aromatic heterocycles. The van der Waals surface area contributed by atoms with Crippen molar-refractivity contribution in [3.63, 3.8) is 0 Å². The molecule has 0 amide bonds. The van der Waals surface area contributed by atoms with E-state index in [0.717, 1.165) is 5.56 Å². The zero-order valence-corrected chi connectivity index (χ0v) is 16.7. The molecular weight excluding hydrogens is 378 g/mol. The van der Waals surface area contributed by atoms with Gasteiger partial charge in [0.15, 0.2) is 12.4 Å². The molecule has 0 aliphatic carbocycles. The van der Waals surface area contributed by atoms with Gasteiger partial charge in [0.1, 0.15) is 5.75 Å². The van der Waals surface area contributed by atoms with Crippen LogP contribution in [0.2, 0.25) is 0 Å². The summed E-state index contributed by atoms with van der Waals surface area (Å²) in [5.74, 6) is 1.50. The van der Waals surface area contributed by atoms with Gasteiger partial charge in [-0.25, -0.2) is 12.7 Å². The van der Waals surface area contributed by atoms with Gasteiger partial charge in [0.25, 0.3) is 5.89 Å². The zero-order chi connectivity index (χ0) is 20.0. The number of hydrogen-bond donors (Lipinski definition) is 0. The van der Waals surface area contributed by atoms with E-state index < -0.39 is 10.0 Å². The second-order valence-corrected chi connectivity index (χ2v) is 8.26. The number of benzene rings is 2. The van der Waals surface area contributed by atoms with Crippen LogP contribution in [0.3, 0.4) is 0 Å². The highest BCUT2D eigenvalue weighted by atomic mass is 32.2. The Bertz CT molecular complexity index is 1000. The minimum atomic E-state index is -3.57. The van der Waals surface area contributed by atoms with Crippen molar-refractivity contribution < 1.29 is 17.7 Å². The minimum Gasteiger partial charge on any atom is -0.484 e. The van der Waals surface area contributed by atoms with Crippen LogP contribution in [-0.4, -0.2) is 36.5 Å². The monoisotopic (exact) mass is 401 g/mol. The third-order valence-corrected chi connectivity index (χ3v) is 6.26.